The van der Waals surface area contributed by atoms with E-state index in [2.05, 4.69) is 26.1 Å². The summed E-state index contributed by atoms with van der Waals surface area (Å²) in [7, 11) is 0. The van der Waals surface area contributed by atoms with Crippen molar-refractivity contribution in [2.45, 2.75) is 19.4 Å². The van der Waals surface area contributed by atoms with Gasteiger partial charge in [-0.05, 0) is 30.7 Å². The minimum absolute atomic E-state index is 0. The van der Waals surface area contributed by atoms with Gasteiger partial charge in [0, 0.05) is 49.4 Å². The van der Waals surface area contributed by atoms with E-state index >= 15 is 0 Å². The monoisotopic (exact) mass is 381 g/mol. The van der Waals surface area contributed by atoms with Crippen molar-refractivity contribution >= 4 is 24.2 Å². The minimum atomic E-state index is -0.380. The molecule has 7 nitrogen and oxygen atoms in total. The predicted octanol–water partition coefficient (Wildman–Crippen LogP) is 1.17. The molecular formula is C17H21ClFN5O2. The highest BCUT2D eigenvalue weighted by Gasteiger charge is 2.21. The Kier molecular flexibility index (Phi) is 7.11. The van der Waals surface area contributed by atoms with Crippen molar-refractivity contribution in [3.63, 3.8) is 0 Å². The summed E-state index contributed by atoms with van der Waals surface area (Å²) in [5.74, 6) is -0.861. The predicted molar refractivity (Wildman–Crippen MR) is 96.9 cm³/mol. The van der Waals surface area contributed by atoms with Crippen LogP contribution < -0.4 is 16.0 Å². The lowest BCUT2D eigenvalue weighted by molar-refractivity contribution is 0.0947. The molecule has 0 bridgehead atoms. The Morgan fingerprint density at radius 1 is 1.12 bits per heavy atom. The minimum Gasteiger partial charge on any atom is -0.352 e. The molecule has 1 aliphatic rings. The number of carbonyl (C=O) groups is 2. The van der Waals surface area contributed by atoms with Crippen LogP contribution >= 0.6 is 12.4 Å². The number of nitrogens with one attached hydrogen (secondary N) is 4. The van der Waals surface area contributed by atoms with Crippen LogP contribution in [0.25, 0.3) is 0 Å². The van der Waals surface area contributed by atoms with E-state index in [0.29, 0.717) is 37.3 Å². The second-order valence-corrected chi connectivity index (χ2v) is 5.83. The Balaban J connectivity index is 0.00000243. The van der Waals surface area contributed by atoms with Crippen LogP contribution in [0, 0.1) is 5.82 Å². The number of hydrogen-bond donors (Lipinski definition) is 4. The van der Waals surface area contributed by atoms with Gasteiger partial charge in [0.2, 0.25) is 0 Å². The molecule has 0 fully saturated rings. The van der Waals surface area contributed by atoms with E-state index in [-0.39, 0.29) is 30.0 Å². The van der Waals surface area contributed by atoms with Crippen LogP contribution in [0.2, 0.25) is 0 Å². The molecule has 4 N–H and O–H groups in total. The van der Waals surface area contributed by atoms with Crippen LogP contribution in [0.5, 0.6) is 0 Å². The second kappa shape index (κ2) is 9.30. The van der Waals surface area contributed by atoms with Crippen LogP contribution in [-0.4, -0.2) is 41.6 Å². The van der Waals surface area contributed by atoms with E-state index < -0.39 is 0 Å². The molecule has 1 aliphatic heterocycles. The topological polar surface area (TPSA) is 98.9 Å². The first kappa shape index (κ1) is 19.9. The van der Waals surface area contributed by atoms with Crippen LogP contribution in [-0.2, 0) is 13.0 Å². The zero-order valence-electron chi connectivity index (χ0n) is 14.1. The van der Waals surface area contributed by atoms with Crippen LogP contribution in [0.15, 0.2) is 24.3 Å². The number of halogens is 2. The number of rotatable bonds is 6. The summed E-state index contributed by atoms with van der Waals surface area (Å²) < 4.78 is 12.8. The Bertz CT molecular complexity index is 763. The Labute approximate surface area is 156 Å². The van der Waals surface area contributed by atoms with Crippen molar-refractivity contribution in [1.29, 1.82) is 0 Å². The van der Waals surface area contributed by atoms with E-state index in [4.69, 9.17) is 0 Å². The van der Waals surface area contributed by atoms with E-state index in [1.54, 1.807) is 0 Å². The number of carbonyl (C=O) groups excluding carboxylic acids is 2. The highest BCUT2D eigenvalue weighted by atomic mass is 35.5. The zero-order valence-corrected chi connectivity index (χ0v) is 14.9. The van der Waals surface area contributed by atoms with Gasteiger partial charge in [0.05, 0.1) is 0 Å². The van der Waals surface area contributed by atoms with Gasteiger partial charge in [0.15, 0.2) is 5.69 Å². The Morgan fingerprint density at radius 3 is 2.54 bits per heavy atom. The first-order valence-electron chi connectivity index (χ1n) is 8.24. The second-order valence-electron chi connectivity index (χ2n) is 5.83. The number of amides is 2. The Hall–Kier alpha value is -2.45. The average Bonchev–Trinajstić information content (AvgIpc) is 3.06. The molecule has 0 aliphatic carbocycles. The van der Waals surface area contributed by atoms with Crippen molar-refractivity contribution in [2.75, 3.05) is 19.6 Å². The summed E-state index contributed by atoms with van der Waals surface area (Å²) >= 11 is 0. The van der Waals surface area contributed by atoms with Gasteiger partial charge in [-0.2, -0.15) is 5.10 Å². The summed E-state index contributed by atoms with van der Waals surface area (Å²) in [5, 5.41) is 15.8. The fourth-order valence-corrected chi connectivity index (χ4v) is 2.69. The molecule has 0 spiro atoms. The first-order valence-corrected chi connectivity index (χ1v) is 8.24. The van der Waals surface area contributed by atoms with Gasteiger partial charge in [-0.15, -0.1) is 12.4 Å². The number of hydrogen-bond acceptors (Lipinski definition) is 4. The third-order valence-electron chi connectivity index (χ3n) is 4.05. The SMILES string of the molecule is Cl.O=C(NCCCNC(=O)c1n[nH]c2c1CNCC2)c1ccc(F)cc1. The largest absolute Gasteiger partial charge is 0.352 e. The van der Waals surface area contributed by atoms with E-state index in [1.165, 1.54) is 24.3 Å². The number of aromatic nitrogens is 2. The summed E-state index contributed by atoms with van der Waals surface area (Å²) in [6.45, 7) is 2.36. The molecule has 0 atom stereocenters. The third kappa shape index (κ3) is 4.80. The van der Waals surface area contributed by atoms with Crippen molar-refractivity contribution in [3.05, 3.63) is 52.6 Å². The lowest BCUT2D eigenvalue weighted by Crippen LogP contribution is -2.31. The highest BCUT2D eigenvalue weighted by molar-refractivity contribution is 5.94. The fourth-order valence-electron chi connectivity index (χ4n) is 2.69. The fraction of sp³-hybridized carbons (Fsp3) is 0.353. The standard InChI is InChI=1S/C17H20FN5O2.ClH/c18-12-4-2-11(3-5-12)16(24)20-7-1-8-21-17(25)15-13-10-19-9-6-14(13)22-23-15;/h2-5,19H,1,6-10H2,(H,20,24)(H,21,25)(H,22,23);1H. The summed E-state index contributed by atoms with van der Waals surface area (Å²) in [4.78, 5) is 24.0. The number of nitrogens with zero attached hydrogens (tertiary/aromatic N) is 1. The van der Waals surface area contributed by atoms with Crippen LogP contribution in [0.1, 0.15) is 38.5 Å². The van der Waals surface area contributed by atoms with Crippen LogP contribution in [0.3, 0.4) is 0 Å². The average molecular weight is 382 g/mol. The summed E-state index contributed by atoms with van der Waals surface area (Å²) in [6, 6.07) is 5.35. The molecule has 26 heavy (non-hydrogen) atoms. The normalized spacial score (nSPS) is 12.7. The first-order chi connectivity index (χ1) is 12.1. The molecule has 140 valence electrons. The molecule has 0 unspecified atom stereocenters. The maximum Gasteiger partial charge on any atom is 0.272 e. The molecule has 1 aromatic heterocycles. The van der Waals surface area contributed by atoms with E-state index in [1.807, 2.05) is 0 Å². The van der Waals surface area contributed by atoms with Gasteiger partial charge in [-0.3, -0.25) is 14.7 Å². The lowest BCUT2D eigenvalue weighted by Gasteiger charge is -2.12. The van der Waals surface area contributed by atoms with Gasteiger partial charge >= 0.3 is 0 Å². The zero-order chi connectivity index (χ0) is 17.6. The van der Waals surface area contributed by atoms with Crippen molar-refractivity contribution in [1.82, 2.24) is 26.1 Å². The molecule has 0 saturated carbocycles. The maximum atomic E-state index is 12.8. The molecule has 0 radical (unpaired) electrons. The molecule has 2 heterocycles. The van der Waals surface area contributed by atoms with Crippen LogP contribution in [0.4, 0.5) is 4.39 Å². The molecule has 2 aromatic rings. The van der Waals surface area contributed by atoms with Gasteiger partial charge in [0.1, 0.15) is 5.82 Å². The van der Waals surface area contributed by atoms with E-state index in [0.717, 1.165) is 24.2 Å². The number of benzene rings is 1. The molecule has 9 heteroatoms. The van der Waals surface area contributed by atoms with Gasteiger partial charge < -0.3 is 16.0 Å². The molecular weight excluding hydrogens is 361 g/mol. The third-order valence-corrected chi connectivity index (χ3v) is 4.05. The molecule has 3 rings (SSSR count). The van der Waals surface area contributed by atoms with Crippen molar-refractivity contribution in [3.8, 4) is 0 Å². The lowest BCUT2D eigenvalue weighted by atomic mass is 10.1. The van der Waals surface area contributed by atoms with E-state index in [9.17, 15) is 14.0 Å². The highest BCUT2D eigenvalue weighted by Crippen LogP contribution is 2.14. The molecule has 1 aromatic carbocycles. The molecule has 2 amide bonds. The van der Waals surface area contributed by atoms with Crippen molar-refractivity contribution < 1.29 is 14.0 Å². The maximum absolute atomic E-state index is 12.8. The quantitative estimate of drug-likeness (QED) is 0.564. The number of aromatic amines is 1. The van der Waals surface area contributed by atoms with Gasteiger partial charge in [-0.1, -0.05) is 0 Å². The summed E-state index contributed by atoms with van der Waals surface area (Å²) in [5.41, 5.74) is 2.77. The Morgan fingerprint density at radius 2 is 1.81 bits per heavy atom. The number of fused-ring (bicyclic) bond motifs is 1. The smallest absolute Gasteiger partial charge is 0.272 e. The van der Waals surface area contributed by atoms with Crippen molar-refractivity contribution in [2.24, 2.45) is 0 Å². The van der Waals surface area contributed by atoms with Gasteiger partial charge in [0.25, 0.3) is 11.8 Å². The molecule has 0 saturated heterocycles. The van der Waals surface area contributed by atoms with Gasteiger partial charge in [-0.25, -0.2) is 4.39 Å². The number of H-pyrrole nitrogens is 1. The summed E-state index contributed by atoms with van der Waals surface area (Å²) in [6.07, 6.45) is 1.43.